The summed E-state index contributed by atoms with van der Waals surface area (Å²) in [6.07, 6.45) is 2.95. The number of benzene rings is 2. The van der Waals surface area contributed by atoms with Crippen LogP contribution in [0, 0.1) is 0 Å². The van der Waals surface area contributed by atoms with E-state index in [-0.39, 0.29) is 0 Å². The molecule has 4 nitrogen and oxygen atoms in total. The number of carbonyl (C=O) groups excluding carboxylic acids is 1. The molecule has 1 aliphatic carbocycles. The number of halogens is 1. The highest BCUT2D eigenvalue weighted by Crippen LogP contribution is 2.23. The second-order valence-electron chi connectivity index (χ2n) is 5.87. The van der Waals surface area contributed by atoms with Gasteiger partial charge in [-0.05, 0) is 60.2 Å². The Labute approximate surface area is 140 Å². The van der Waals surface area contributed by atoms with Gasteiger partial charge in [-0.2, -0.15) is 0 Å². The average Bonchev–Trinajstić information content (AvgIpc) is 2.60. The van der Waals surface area contributed by atoms with Crippen molar-refractivity contribution in [3.8, 4) is 0 Å². The molecule has 3 rings (SSSR count). The number of hydrogen-bond acceptors (Lipinski definition) is 3. The van der Waals surface area contributed by atoms with Gasteiger partial charge in [0.15, 0.2) is 0 Å². The van der Waals surface area contributed by atoms with Crippen molar-refractivity contribution in [1.29, 1.82) is 0 Å². The smallest absolute Gasteiger partial charge is 0.274 e. The van der Waals surface area contributed by atoms with E-state index in [2.05, 4.69) is 5.32 Å². The van der Waals surface area contributed by atoms with E-state index >= 15 is 0 Å². The first-order valence-electron chi connectivity index (χ1n) is 7.70. The molecular weight excluding hydrogens is 312 g/mol. The van der Waals surface area contributed by atoms with Crippen LogP contribution in [0.5, 0.6) is 0 Å². The minimum Gasteiger partial charge on any atom is -0.310 e. The zero-order valence-electron chi connectivity index (χ0n) is 12.7. The van der Waals surface area contributed by atoms with Gasteiger partial charge in [0.1, 0.15) is 0 Å². The molecule has 2 aromatic rings. The molecule has 5 heteroatoms. The zero-order chi connectivity index (χ0) is 16.2. The van der Waals surface area contributed by atoms with Crippen LogP contribution in [-0.2, 0) is 19.4 Å². The van der Waals surface area contributed by atoms with E-state index in [1.54, 1.807) is 11.5 Å². The summed E-state index contributed by atoms with van der Waals surface area (Å²) in [6, 6.07) is 13.8. The summed E-state index contributed by atoms with van der Waals surface area (Å²) in [5.74, 6) is -0.468. The highest BCUT2D eigenvalue weighted by molar-refractivity contribution is 6.30. The molecule has 0 bridgehead atoms. The first-order chi connectivity index (χ1) is 11.2. The Kier molecular flexibility index (Phi) is 4.96. The molecule has 2 aromatic carbocycles. The van der Waals surface area contributed by atoms with E-state index in [9.17, 15) is 4.79 Å². The van der Waals surface area contributed by atoms with Crippen molar-refractivity contribution in [2.45, 2.75) is 31.8 Å². The van der Waals surface area contributed by atoms with Gasteiger partial charge in [-0.15, -0.1) is 0 Å². The second-order valence-corrected chi connectivity index (χ2v) is 6.31. The van der Waals surface area contributed by atoms with Crippen LogP contribution in [0.1, 0.15) is 33.5 Å². The molecule has 1 unspecified atom stereocenters. The quantitative estimate of drug-likeness (QED) is 0.596. The molecule has 0 aliphatic heterocycles. The van der Waals surface area contributed by atoms with E-state index in [4.69, 9.17) is 16.8 Å². The van der Waals surface area contributed by atoms with Crippen LogP contribution in [-0.4, -0.2) is 17.2 Å². The monoisotopic (exact) mass is 330 g/mol. The van der Waals surface area contributed by atoms with Gasteiger partial charge in [0.2, 0.25) is 0 Å². The molecule has 1 amide bonds. The van der Waals surface area contributed by atoms with Crippen LogP contribution in [0.4, 0.5) is 0 Å². The lowest BCUT2D eigenvalue weighted by Gasteiger charge is -2.26. The predicted octanol–water partition coefficient (Wildman–Crippen LogP) is 3.11. The Hall–Kier alpha value is -1.88. The summed E-state index contributed by atoms with van der Waals surface area (Å²) in [5.41, 5.74) is 5.83. The van der Waals surface area contributed by atoms with Crippen molar-refractivity contribution in [2.24, 2.45) is 0 Å². The third-order valence-electron chi connectivity index (χ3n) is 4.31. The van der Waals surface area contributed by atoms with Crippen molar-refractivity contribution >= 4 is 17.5 Å². The Morgan fingerprint density at radius 3 is 2.70 bits per heavy atom. The second kappa shape index (κ2) is 7.13. The summed E-state index contributed by atoms with van der Waals surface area (Å²) in [4.78, 5) is 11.5. The first-order valence-corrected chi connectivity index (χ1v) is 8.07. The number of hydrogen-bond donors (Lipinski definition) is 3. The average molecular weight is 331 g/mol. The number of aryl methyl sites for hydroxylation is 1. The fourth-order valence-electron chi connectivity index (χ4n) is 3.00. The molecule has 0 radical (unpaired) electrons. The van der Waals surface area contributed by atoms with Crippen molar-refractivity contribution in [3.05, 3.63) is 69.7 Å². The maximum Gasteiger partial charge on any atom is 0.274 e. The molecule has 0 saturated heterocycles. The molecule has 0 spiro atoms. The maximum atomic E-state index is 11.5. The molecule has 23 heavy (non-hydrogen) atoms. The van der Waals surface area contributed by atoms with Gasteiger partial charge in [0, 0.05) is 23.2 Å². The molecule has 0 aromatic heterocycles. The summed E-state index contributed by atoms with van der Waals surface area (Å²) >= 11 is 5.90. The minimum atomic E-state index is -0.468. The first kappa shape index (κ1) is 16.0. The molecule has 120 valence electrons. The van der Waals surface area contributed by atoms with Gasteiger partial charge >= 0.3 is 0 Å². The number of nitrogens with one attached hydrogen (secondary N) is 2. The lowest BCUT2D eigenvalue weighted by molar-refractivity contribution is 0.0706. The van der Waals surface area contributed by atoms with Crippen molar-refractivity contribution < 1.29 is 10.0 Å². The van der Waals surface area contributed by atoms with Gasteiger partial charge in [0.25, 0.3) is 5.91 Å². The number of fused-ring (bicyclic) bond motifs is 1. The molecule has 0 heterocycles. The van der Waals surface area contributed by atoms with Crippen LogP contribution in [0.2, 0.25) is 5.02 Å². The molecular formula is C18H19ClN2O2. The fraction of sp³-hybridized carbons (Fsp3) is 0.278. The van der Waals surface area contributed by atoms with Crippen LogP contribution >= 0.6 is 11.6 Å². The Morgan fingerprint density at radius 1 is 1.17 bits per heavy atom. The lowest BCUT2D eigenvalue weighted by atomic mass is 9.87. The normalized spacial score (nSPS) is 16.7. The Bertz CT molecular complexity index is 701. The van der Waals surface area contributed by atoms with Crippen molar-refractivity contribution in [2.75, 3.05) is 0 Å². The highest BCUT2D eigenvalue weighted by Gasteiger charge is 2.19. The summed E-state index contributed by atoms with van der Waals surface area (Å²) in [7, 11) is 0. The van der Waals surface area contributed by atoms with Gasteiger partial charge < -0.3 is 5.32 Å². The number of hydroxylamine groups is 1. The van der Waals surface area contributed by atoms with Crippen LogP contribution in [0.25, 0.3) is 0 Å². The predicted molar refractivity (Wildman–Crippen MR) is 89.8 cm³/mol. The number of carbonyl (C=O) groups is 1. The maximum absolute atomic E-state index is 11.5. The third kappa shape index (κ3) is 3.91. The van der Waals surface area contributed by atoms with E-state index in [0.29, 0.717) is 11.6 Å². The SMILES string of the molecule is O=C(NO)c1ccc2c(c1)CC(NCc1ccc(Cl)cc1)CC2. The summed E-state index contributed by atoms with van der Waals surface area (Å²) < 4.78 is 0. The van der Waals surface area contributed by atoms with E-state index in [0.717, 1.165) is 30.8 Å². The van der Waals surface area contributed by atoms with Crippen molar-refractivity contribution in [3.63, 3.8) is 0 Å². The van der Waals surface area contributed by atoms with Gasteiger partial charge in [0.05, 0.1) is 0 Å². The van der Waals surface area contributed by atoms with Gasteiger partial charge in [-0.25, -0.2) is 5.48 Å². The van der Waals surface area contributed by atoms with Crippen LogP contribution < -0.4 is 10.8 Å². The Morgan fingerprint density at radius 2 is 1.96 bits per heavy atom. The topological polar surface area (TPSA) is 61.4 Å². The zero-order valence-corrected chi connectivity index (χ0v) is 13.4. The summed E-state index contributed by atoms with van der Waals surface area (Å²) in [5, 5.41) is 13.1. The van der Waals surface area contributed by atoms with Gasteiger partial charge in [-0.1, -0.05) is 29.8 Å². The number of amides is 1. The molecule has 0 fully saturated rings. The standard InChI is InChI=1S/C18H19ClN2O2/c19-16-6-1-12(2-7-16)11-20-17-8-5-13-3-4-14(18(22)21-23)9-15(13)10-17/h1-4,6-7,9,17,20,23H,5,8,10-11H2,(H,21,22). The fourth-order valence-corrected chi connectivity index (χ4v) is 3.13. The lowest BCUT2D eigenvalue weighted by Crippen LogP contribution is -2.34. The third-order valence-corrected chi connectivity index (χ3v) is 4.56. The van der Waals surface area contributed by atoms with E-state index in [1.165, 1.54) is 16.7 Å². The minimum absolute atomic E-state index is 0.380. The molecule has 1 aliphatic rings. The van der Waals surface area contributed by atoms with Gasteiger partial charge in [-0.3, -0.25) is 10.0 Å². The van der Waals surface area contributed by atoms with Crippen LogP contribution in [0.15, 0.2) is 42.5 Å². The van der Waals surface area contributed by atoms with E-state index < -0.39 is 5.91 Å². The van der Waals surface area contributed by atoms with Crippen LogP contribution in [0.3, 0.4) is 0 Å². The largest absolute Gasteiger partial charge is 0.310 e. The highest BCUT2D eigenvalue weighted by atomic mass is 35.5. The molecule has 1 atom stereocenters. The van der Waals surface area contributed by atoms with Crippen molar-refractivity contribution in [1.82, 2.24) is 10.8 Å². The Balaban J connectivity index is 1.64. The molecule has 0 saturated carbocycles. The summed E-state index contributed by atoms with van der Waals surface area (Å²) in [6.45, 7) is 0.800. The number of rotatable bonds is 4. The molecule has 3 N–H and O–H groups in total. The van der Waals surface area contributed by atoms with E-state index in [1.807, 2.05) is 36.4 Å².